The summed E-state index contributed by atoms with van der Waals surface area (Å²) in [7, 11) is -3.10. The predicted molar refractivity (Wildman–Crippen MR) is 174 cm³/mol. The van der Waals surface area contributed by atoms with Crippen molar-refractivity contribution in [1.29, 1.82) is 0 Å². The number of nitrogens with zero attached hydrogens (tertiary/aromatic N) is 2. The Labute approximate surface area is 291 Å². The largest absolute Gasteiger partial charge is 0.494 e. The topological polar surface area (TPSA) is 156 Å². The number of nitrogens with one attached hydrogen (secondary N) is 3. The molecule has 2 heterocycles. The molecule has 2 aromatic rings. The van der Waals surface area contributed by atoms with Crippen LogP contribution in [0.3, 0.4) is 0 Å². The molecule has 1 aliphatic heterocycles. The van der Waals surface area contributed by atoms with Gasteiger partial charge in [0.25, 0.3) is 5.91 Å². The molecular weight excluding hydrogens is 705 g/mol. The summed E-state index contributed by atoms with van der Waals surface area (Å²) in [5.41, 5.74) is -4.60. The van der Waals surface area contributed by atoms with Gasteiger partial charge in [0.05, 0.1) is 19.1 Å². The molecule has 280 valence electrons. The lowest BCUT2D eigenvalue weighted by Crippen LogP contribution is -2.58. The number of hydrogen-bond acceptors (Lipinski definition) is 9. The van der Waals surface area contributed by atoms with Crippen LogP contribution in [0.2, 0.25) is 0 Å². The molecule has 3 aliphatic rings. The normalized spacial score (nSPS) is 24.7. The van der Waals surface area contributed by atoms with Gasteiger partial charge >= 0.3 is 6.18 Å². The molecule has 51 heavy (non-hydrogen) atoms. The average molecular weight is 746 g/mol. The summed E-state index contributed by atoms with van der Waals surface area (Å²) >= 11 is 0. The van der Waals surface area contributed by atoms with Gasteiger partial charge in [0.2, 0.25) is 27.7 Å². The van der Waals surface area contributed by atoms with Crippen molar-refractivity contribution in [2.45, 2.75) is 88.0 Å². The van der Waals surface area contributed by atoms with E-state index in [0.29, 0.717) is 5.39 Å². The van der Waals surface area contributed by atoms with Crippen LogP contribution in [-0.2, 0) is 24.4 Å². The van der Waals surface area contributed by atoms with E-state index < -0.39 is 91.9 Å². The summed E-state index contributed by atoms with van der Waals surface area (Å²) in [5, 5.41) is 5.85. The Morgan fingerprint density at radius 3 is 2.39 bits per heavy atom. The first-order valence-electron chi connectivity index (χ1n) is 16.2. The second kappa shape index (κ2) is 13.1. The zero-order valence-electron chi connectivity index (χ0n) is 28.6. The predicted octanol–water partition coefficient (Wildman–Crippen LogP) is 3.65. The number of halogens is 5. The van der Waals surface area contributed by atoms with Gasteiger partial charge in [0, 0.05) is 23.7 Å². The Bertz CT molecular complexity index is 1870. The van der Waals surface area contributed by atoms with Gasteiger partial charge in [-0.1, -0.05) is 13.5 Å². The lowest BCUT2D eigenvalue weighted by atomic mass is 9.88. The van der Waals surface area contributed by atoms with Crippen molar-refractivity contribution in [2.75, 3.05) is 20.3 Å². The van der Waals surface area contributed by atoms with Crippen LogP contribution in [0.5, 0.6) is 11.6 Å². The van der Waals surface area contributed by atoms with Gasteiger partial charge in [-0.05, 0) is 69.5 Å². The van der Waals surface area contributed by atoms with E-state index in [1.165, 1.54) is 26.3 Å². The number of rotatable bonds is 13. The van der Waals surface area contributed by atoms with Crippen LogP contribution < -0.4 is 24.8 Å². The number of ether oxygens (including phenoxy) is 2. The number of fused-ring (bicyclic) bond motifs is 1. The van der Waals surface area contributed by atoms with E-state index in [0.717, 1.165) is 24.8 Å². The Morgan fingerprint density at radius 1 is 1.20 bits per heavy atom. The molecule has 2 saturated carbocycles. The van der Waals surface area contributed by atoms with Crippen LogP contribution in [0.1, 0.15) is 53.4 Å². The Hall–Kier alpha value is -4.22. The van der Waals surface area contributed by atoms with E-state index in [-0.39, 0.29) is 49.2 Å². The number of pyridine rings is 1. The minimum Gasteiger partial charge on any atom is -0.494 e. The highest BCUT2D eigenvalue weighted by Crippen LogP contribution is 2.47. The second-order valence-electron chi connectivity index (χ2n) is 14.1. The van der Waals surface area contributed by atoms with Crippen LogP contribution >= 0.6 is 0 Å². The van der Waals surface area contributed by atoms with Gasteiger partial charge in [-0.2, -0.15) is 13.2 Å². The van der Waals surface area contributed by atoms with E-state index in [2.05, 4.69) is 22.2 Å². The molecule has 5 atom stereocenters. The first kappa shape index (κ1) is 38.0. The first-order chi connectivity index (χ1) is 23.6. The molecule has 1 saturated heterocycles. The van der Waals surface area contributed by atoms with E-state index in [4.69, 9.17) is 9.47 Å². The van der Waals surface area contributed by atoms with Crippen molar-refractivity contribution in [3.8, 4) is 11.6 Å². The summed E-state index contributed by atoms with van der Waals surface area (Å²) < 4.78 is 106. The summed E-state index contributed by atoms with van der Waals surface area (Å²) in [4.78, 5) is 46.4. The number of carbonyl (C=O) groups is 3. The number of aromatic nitrogens is 1. The summed E-state index contributed by atoms with van der Waals surface area (Å²) in [6, 6.07) is 1.51. The Balaban J connectivity index is 1.40. The molecule has 1 aromatic carbocycles. The van der Waals surface area contributed by atoms with Crippen molar-refractivity contribution < 1.29 is 54.2 Å². The number of carbonyl (C=O) groups excluding carboxylic acids is 3. The van der Waals surface area contributed by atoms with Crippen LogP contribution in [0.4, 0.5) is 22.0 Å². The lowest BCUT2D eigenvalue weighted by Gasteiger charge is -2.34. The van der Waals surface area contributed by atoms with Gasteiger partial charge in [0.1, 0.15) is 35.1 Å². The monoisotopic (exact) mass is 745 g/mol. The third-order valence-electron chi connectivity index (χ3n) is 10.3. The number of likely N-dealkylation sites (tertiary alicyclic amines) is 1. The average Bonchev–Trinajstić information content (AvgIpc) is 3.94. The fraction of sp³-hybridized carbons (Fsp3) is 0.576. The number of sulfonamides is 1. The molecule has 12 nitrogen and oxygen atoms in total. The molecule has 3 N–H and O–H groups in total. The maximum atomic E-state index is 14.7. The quantitative estimate of drug-likeness (QED) is 0.261. The van der Waals surface area contributed by atoms with Gasteiger partial charge in [-0.25, -0.2) is 22.2 Å². The molecule has 3 fully saturated rings. The number of amides is 3. The maximum Gasteiger partial charge on any atom is 0.399 e. The summed E-state index contributed by atoms with van der Waals surface area (Å²) in [5.74, 6) is -4.00. The fourth-order valence-corrected chi connectivity index (χ4v) is 7.49. The van der Waals surface area contributed by atoms with Gasteiger partial charge in [-0.15, -0.1) is 0 Å². The van der Waals surface area contributed by atoms with E-state index in [1.807, 2.05) is 4.72 Å². The number of allylic oxidation sites excluding steroid dienone is 1. The minimum atomic E-state index is -4.70. The zero-order chi connectivity index (χ0) is 37.9. The lowest BCUT2D eigenvalue weighted by molar-refractivity contribution is -0.199. The van der Waals surface area contributed by atoms with Crippen molar-refractivity contribution in [1.82, 2.24) is 25.2 Å². The maximum absolute atomic E-state index is 14.7. The van der Waals surface area contributed by atoms with E-state index in [9.17, 15) is 44.8 Å². The van der Waals surface area contributed by atoms with Gasteiger partial charge in [0.15, 0.2) is 11.6 Å². The zero-order valence-corrected chi connectivity index (χ0v) is 29.4. The third kappa shape index (κ3) is 6.90. The van der Waals surface area contributed by atoms with E-state index >= 15 is 0 Å². The number of methoxy groups -OCH3 is 1. The molecule has 5 rings (SSSR count). The minimum absolute atomic E-state index is 0.0251. The highest BCUT2D eigenvalue weighted by atomic mass is 32.2. The van der Waals surface area contributed by atoms with Crippen LogP contribution in [0.15, 0.2) is 36.7 Å². The number of benzene rings is 1. The smallest absolute Gasteiger partial charge is 0.399 e. The molecule has 0 radical (unpaired) electrons. The molecule has 0 unspecified atom stereocenters. The summed E-state index contributed by atoms with van der Waals surface area (Å²) in [6.45, 7) is 6.72. The fourth-order valence-electron chi connectivity index (χ4n) is 6.06. The van der Waals surface area contributed by atoms with Crippen molar-refractivity contribution >= 4 is 38.5 Å². The first-order valence-corrected chi connectivity index (χ1v) is 17.7. The third-order valence-corrected chi connectivity index (χ3v) is 12.4. The molecular formula is C33H40F5N5O7S. The SMILES string of the molecule is C=C(N[C@@H](C)C(=O)N1C[C@H](Oc2nccc3cc(OC)c(F)cc23)C[C@H]1C(=O)N[C@]1(C(=O)NS(=O)(=O)C2(CF)CC2)C[C@H]1C)C(C)(C)C(F)(F)F. The van der Waals surface area contributed by atoms with Crippen LogP contribution in [0, 0.1) is 17.2 Å². The standard InChI is InChI=1S/C33H40F5N5O7S/c1-17-14-32(17,29(46)42-51(47,48)31(16-34)8-9-31)41-26(44)24-12-21(50-27-22-13-23(35)25(49-6)11-20(22)7-10-39-27)15-43(24)28(45)18(2)40-19(3)30(4,5)33(36,37)38/h7,10-11,13,17-18,21,24,40H,3,8-9,12,14-16H2,1-2,4-6H3,(H,41,44)(H,42,46)/t17-,18+,21-,24+,32-/m1/s1. The van der Waals surface area contributed by atoms with E-state index in [1.54, 1.807) is 13.0 Å². The molecule has 2 aliphatic carbocycles. The molecule has 3 amide bonds. The van der Waals surface area contributed by atoms with Crippen molar-refractivity contribution in [3.05, 3.63) is 42.5 Å². The van der Waals surface area contributed by atoms with Crippen LogP contribution in [-0.4, -0.2) is 91.0 Å². The van der Waals surface area contributed by atoms with Gasteiger partial charge < -0.3 is 25.0 Å². The van der Waals surface area contributed by atoms with Crippen molar-refractivity contribution in [3.63, 3.8) is 0 Å². The second-order valence-corrected chi connectivity index (χ2v) is 16.2. The van der Waals surface area contributed by atoms with Crippen LogP contribution in [0.25, 0.3) is 10.8 Å². The highest BCUT2D eigenvalue weighted by Gasteiger charge is 2.63. The Kier molecular flexibility index (Phi) is 9.75. The van der Waals surface area contributed by atoms with Gasteiger partial charge in [-0.3, -0.25) is 19.1 Å². The summed E-state index contributed by atoms with van der Waals surface area (Å²) in [6.07, 6.45) is -4.32. The molecule has 0 bridgehead atoms. The molecule has 18 heteroatoms. The Morgan fingerprint density at radius 2 is 1.84 bits per heavy atom. The molecule has 0 spiro atoms. The number of hydrogen-bond donors (Lipinski definition) is 3. The number of alkyl halides is 4. The molecule has 1 aromatic heterocycles. The van der Waals surface area contributed by atoms with Crippen molar-refractivity contribution in [2.24, 2.45) is 11.3 Å². The highest BCUT2D eigenvalue weighted by molar-refractivity contribution is 7.91.